The Bertz CT molecular complexity index is 950. The Balaban J connectivity index is 1.92. The van der Waals surface area contributed by atoms with E-state index in [2.05, 4.69) is 10.4 Å². The number of urea groups is 1. The Morgan fingerprint density at radius 3 is 2.62 bits per heavy atom. The summed E-state index contributed by atoms with van der Waals surface area (Å²) in [7, 11) is 1.52. The second-order valence-corrected chi connectivity index (χ2v) is 7.11. The van der Waals surface area contributed by atoms with E-state index >= 15 is 0 Å². The van der Waals surface area contributed by atoms with Crippen LogP contribution in [0.1, 0.15) is 30.5 Å². The van der Waals surface area contributed by atoms with Crippen molar-refractivity contribution in [3.63, 3.8) is 0 Å². The van der Waals surface area contributed by atoms with Crippen molar-refractivity contribution >= 4 is 29.3 Å². The standard InChI is InChI=1S/C21H22ClFN4O2/c1-3-24-21(29)26(2)13-20(28)27-19(15-9-5-7-11-17(15)23)12-18(25-27)14-8-4-6-10-16(14)22/h4-11,19H,3,12-13H2,1-2H3,(H,24,29)/t19-/m0/s1. The number of hydrogen-bond donors (Lipinski definition) is 1. The van der Waals surface area contributed by atoms with Crippen LogP contribution in [0.5, 0.6) is 0 Å². The number of carbonyl (C=O) groups is 2. The molecule has 0 unspecified atom stereocenters. The summed E-state index contributed by atoms with van der Waals surface area (Å²) in [5.74, 6) is -0.822. The van der Waals surface area contributed by atoms with Crippen LogP contribution in [0.15, 0.2) is 53.6 Å². The highest BCUT2D eigenvalue weighted by Gasteiger charge is 2.35. The maximum Gasteiger partial charge on any atom is 0.317 e. The highest BCUT2D eigenvalue weighted by molar-refractivity contribution is 6.34. The van der Waals surface area contributed by atoms with Gasteiger partial charge in [0.2, 0.25) is 0 Å². The van der Waals surface area contributed by atoms with Gasteiger partial charge in [-0.15, -0.1) is 0 Å². The predicted molar refractivity (Wildman–Crippen MR) is 110 cm³/mol. The van der Waals surface area contributed by atoms with Gasteiger partial charge in [0.25, 0.3) is 5.91 Å². The van der Waals surface area contributed by atoms with E-state index in [1.807, 2.05) is 12.1 Å². The first kappa shape index (κ1) is 20.8. The highest BCUT2D eigenvalue weighted by Crippen LogP contribution is 2.35. The molecule has 152 valence electrons. The van der Waals surface area contributed by atoms with Crippen molar-refractivity contribution in [1.82, 2.24) is 15.2 Å². The molecule has 3 amide bonds. The number of hydrazone groups is 1. The molecule has 8 heteroatoms. The first-order chi connectivity index (χ1) is 13.9. The number of rotatable bonds is 5. The van der Waals surface area contributed by atoms with E-state index in [-0.39, 0.29) is 12.6 Å². The zero-order valence-corrected chi connectivity index (χ0v) is 17.0. The topological polar surface area (TPSA) is 65.0 Å². The fraction of sp³-hybridized carbons (Fsp3) is 0.286. The summed E-state index contributed by atoms with van der Waals surface area (Å²) in [6, 6.07) is 12.5. The quantitative estimate of drug-likeness (QED) is 0.805. The second kappa shape index (κ2) is 9.05. The number of amides is 3. The molecule has 0 aliphatic carbocycles. The fourth-order valence-electron chi connectivity index (χ4n) is 3.22. The van der Waals surface area contributed by atoms with E-state index < -0.39 is 17.8 Å². The van der Waals surface area contributed by atoms with Crippen LogP contribution in [-0.2, 0) is 4.79 Å². The Labute approximate surface area is 173 Å². The summed E-state index contributed by atoms with van der Waals surface area (Å²) >= 11 is 6.30. The molecule has 1 atom stereocenters. The van der Waals surface area contributed by atoms with Crippen molar-refractivity contribution in [2.75, 3.05) is 20.1 Å². The lowest BCUT2D eigenvalue weighted by atomic mass is 9.98. The molecule has 29 heavy (non-hydrogen) atoms. The van der Waals surface area contributed by atoms with Crippen molar-refractivity contribution in [2.45, 2.75) is 19.4 Å². The third-order valence-corrected chi connectivity index (χ3v) is 4.99. The first-order valence-corrected chi connectivity index (χ1v) is 9.68. The molecule has 0 saturated heterocycles. The number of benzene rings is 2. The zero-order chi connectivity index (χ0) is 21.0. The molecule has 1 aliphatic heterocycles. The van der Waals surface area contributed by atoms with Gasteiger partial charge in [0.1, 0.15) is 12.4 Å². The summed E-state index contributed by atoms with van der Waals surface area (Å²) in [5.41, 5.74) is 1.66. The van der Waals surface area contributed by atoms with Gasteiger partial charge in [-0.2, -0.15) is 5.10 Å². The monoisotopic (exact) mass is 416 g/mol. The van der Waals surface area contributed by atoms with Crippen LogP contribution in [0.2, 0.25) is 5.02 Å². The van der Waals surface area contributed by atoms with E-state index in [0.29, 0.717) is 34.8 Å². The van der Waals surface area contributed by atoms with Crippen molar-refractivity contribution in [3.8, 4) is 0 Å². The van der Waals surface area contributed by atoms with E-state index in [9.17, 15) is 14.0 Å². The summed E-state index contributed by atoms with van der Waals surface area (Å²) in [5, 5.41) is 8.87. The third kappa shape index (κ3) is 4.56. The first-order valence-electron chi connectivity index (χ1n) is 9.30. The molecule has 0 saturated carbocycles. The van der Waals surface area contributed by atoms with Crippen molar-refractivity contribution in [3.05, 3.63) is 70.5 Å². The van der Waals surface area contributed by atoms with Crippen molar-refractivity contribution in [2.24, 2.45) is 5.10 Å². The van der Waals surface area contributed by atoms with Crippen LogP contribution >= 0.6 is 11.6 Å². The molecule has 0 fully saturated rings. The van der Waals surface area contributed by atoms with Crippen molar-refractivity contribution in [1.29, 1.82) is 0 Å². The summed E-state index contributed by atoms with van der Waals surface area (Å²) in [6.45, 7) is 2.06. The lowest BCUT2D eigenvalue weighted by Crippen LogP contribution is -2.43. The van der Waals surface area contributed by atoms with Crippen LogP contribution in [0.25, 0.3) is 0 Å². The molecule has 3 rings (SSSR count). The van der Waals surface area contributed by atoms with E-state index in [1.54, 1.807) is 37.3 Å². The Morgan fingerprint density at radius 2 is 1.93 bits per heavy atom. The molecular weight excluding hydrogens is 395 g/mol. The Morgan fingerprint density at radius 1 is 1.24 bits per heavy atom. The van der Waals surface area contributed by atoms with Crippen LogP contribution < -0.4 is 5.32 Å². The number of nitrogens with zero attached hydrogens (tertiary/aromatic N) is 3. The minimum atomic E-state index is -0.613. The molecule has 0 radical (unpaired) electrons. The van der Waals surface area contributed by atoms with Crippen LogP contribution in [-0.4, -0.2) is 47.7 Å². The van der Waals surface area contributed by atoms with E-state index in [1.165, 1.54) is 23.0 Å². The molecule has 1 N–H and O–H groups in total. The Kier molecular flexibility index (Phi) is 6.49. The van der Waals surface area contributed by atoms with Crippen LogP contribution in [0, 0.1) is 5.82 Å². The number of nitrogens with one attached hydrogen (secondary N) is 1. The van der Waals surface area contributed by atoms with Gasteiger partial charge in [0.05, 0.1) is 11.8 Å². The maximum atomic E-state index is 14.5. The number of likely N-dealkylation sites (N-methyl/N-ethyl adjacent to an activating group) is 1. The molecule has 0 aromatic heterocycles. The lowest BCUT2D eigenvalue weighted by Gasteiger charge is -2.25. The lowest BCUT2D eigenvalue weighted by molar-refractivity contribution is -0.133. The van der Waals surface area contributed by atoms with Crippen LogP contribution in [0.3, 0.4) is 0 Å². The van der Waals surface area contributed by atoms with Gasteiger partial charge < -0.3 is 10.2 Å². The van der Waals surface area contributed by atoms with Crippen molar-refractivity contribution < 1.29 is 14.0 Å². The average Bonchev–Trinajstić information content (AvgIpc) is 3.14. The summed E-state index contributed by atoms with van der Waals surface area (Å²) in [6.07, 6.45) is 0.321. The van der Waals surface area contributed by atoms with Gasteiger partial charge in [-0.05, 0) is 19.1 Å². The van der Waals surface area contributed by atoms with Crippen LogP contribution in [0.4, 0.5) is 9.18 Å². The molecule has 6 nitrogen and oxygen atoms in total. The maximum absolute atomic E-state index is 14.5. The van der Waals surface area contributed by atoms with Gasteiger partial charge in [-0.25, -0.2) is 14.2 Å². The Hall–Kier alpha value is -2.93. The molecule has 1 aliphatic rings. The summed E-state index contributed by atoms with van der Waals surface area (Å²) in [4.78, 5) is 26.2. The van der Waals surface area contributed by atoms with Gasteiger partial charge in [-0.1, -0.05) is 48.0 Å². The predicted octanol–water partition coefficient (Wildman–Crippen LogP) is 3.82. The molecule has 0 spiro atoms. The minimum Gasteiger partial charge on any atom is -0.338 e. The second-order valence-electron chi connectivity index (χ2n) is 6.70. The average molecular weight is 417 g/mol. The third-order valence-electron chi connectivity index (χ3n) is 4.66. The van der Waals surface area contributed by atoms with Gasteiger partial charge in [-0.3, -0.25) is 4.79 Å². The van der Waals surface area contributed by atoms with E-state index in [0.717, 1.165) is 0 Å². The number of halogens is 2. The normalized spacial score (nSPS) is 15.8. The van der Waals surface area contributed by atoms with E-state index in [4.69, 9.17) is 11.6 Å². The van der Waals surface area contributed by atoms with Gasteiger partial charge in [0.15, 0.2) is 0 Å². The molecule has 1 heterocycles. The highest BCUT2D eigenvalue weighted by atomic mass is 35.5. The molecule has 2 aromatic rings. The smallest absolute Gasteiger partial charge is 0.317 e. The van der Waals surface area contributed by atoms with Gasteiger partial charge >= 0.3 is 6.03 Å². The summed E-state index contributed by atoms with van der Waals surface area (Å²) < 4.78 is 14.5. The van der Waals surface area contributed by atoms with Gasteiger partial charge in [0, 0.05) is 36.2 Å². The molecule has 0 bridgehead atoms. The SMILES string of the molecule is CCNC(=O)N(C)CC(=O)N1N=C(c2ccccc2Cl)C[C@H]1c1ccccc1F. The zero-order valence-electron chi connectivity index (χ0n) is 16.2. The fourth-order valence-corrected chi connectivity index (χ4v) is 3.46. The number of carbonyl (C=O) groups excluding carboxylic acids is 2. The largest absolute Gasteiger partial charge is 0.338 e. The molecular formula is C21H22ClFN4O2. The number of hydrogen-bond acceptors (Lipinski definition) is 3. The minimum absolute atomic E-state index is 0.184. The molecule has 2 aromatic carbocycles.